The topological polar surface area (TPSA) is 53.4 Å². The lowest BCUT2D eigenvalue weighted by Crippen LogP contribution is -2.51. The van der Waals surface area contributed by atoms with Gasteiger partial charge >= 0.3 is 0 Å². The van der Waals surface area contributed by atoms with Crippen LogP contribution in [0.2, 0.25) is 0 Å². The Bertz CT molecular complexity index is 933. The first-order valence-corrected chi connectivity index (χ1v) is 12.3. The van der Waals surface area contributed by atoms with Gasteiger partial charge in [-0.05, 0) is 68.8 Å². The van der Waals surface area contributed by atoms with E-state index in [1.54, 1.807) is 0 Å². The molecule has 168 valence electrons. The molecule has 1 aromatic heterocycles. The Hall–Kier alpha value is -1.92. The average molecular weight is 424 g/mol. The van der Waals surface area contributed by atoms with E-state index in [0.29, 0.717) is 12.3 Å². The van der Waals surface area contributed by atoms with Gasteiger partial charge < -0.3 is 14.8 Å². The van der Waals surface area contributed by atoms with Gasteiger partial charge in [0, 0.05) is 37.8 Å². The number of fused-ring (bicyclic) bond motifs is 4. The highest BCUT2D eigenvalue weighted by Crippen LogP contribution is 2.32. The molecule has 31 heavy (non-hydrogen) atoms. The molecule has 5 rings (SSSR count). The summed E-state index contributed by atoms with van der Waals surface area (Å²) in [4.78, 5) is 22.5. The summed E-state index contributed by atoms with van der Waals surface area (Å²) in [5.41, 5.74) is 3.04. The normalized spacial score (nSPS) is 24.9. The molecule has 1 amide bonds. The van der Waals surface area contributed by atoms with E-state index in [1.165, 1.54) is 63.1 Å². The van der Waals surface area contributed by atoms with Gasteiger partial charge in [-0.15, -0.1) is 0 Å². The lowest BCUT2D eigenvalue weighted by molar-refractivity contribution is -0.116. The highest BCUT2D eigenvalue weighted by Gasteiger charge is 2.34. The van der Waals surface area contributed by atoms with Crippen molar-refractivity contribution in [3.63, 3.8) is 0 Å². The molecule has 6 heteroatoms. The lowest BCUT2D eigenvalue weighted by Gasteiger charge is -2.46. The fraction of sp³-hybridized carbons (Fsp3) is 0.680. The number of nitrogens with zero attached hydrogens (tertiary/aromatic N) is 4. The minimum atomic E-state index is 0.0775. The van der Waals surface area contributed by atoms with E-state index in [9.17, 15) is 4.79 Å². The predicted octanol–water partition coefficient (Wildman–Crippen LogP) is 4.10. The maximum absolute atomic E-state index is 12.1. The van der Waals surface area contributed by atoms with E-state index < -0.39 is 0 Å². The summed E-state index contributed by atoms with van der Waals surface area (Å²) in [5.74, 6) is 2.42. The first kappa shape index (κ1) is 21.0. The zero-order valence-electron chi connectivity index (χ0n) is 19.1. The fourth-order valence-electron chi connectivity index (χ4n) is 6.01. The minimum Gasteiger partial charge on any atom is -0.326 e. The van der Waals surface area contributed by atoms with E-state index in [1.807, 2.05) is 12.1 Å². The van der Waals surface area contributed by atoms with Crippen LogP contribution in [0.1, 0.15) is 58.2 Å². The number of amides is 1. The van der Waals surface area contributed by atoms with E-state index >= 15 is 0 Å². The van der Waals surface area contributed by atoms with Crippen molar-refractivity contribution in [1.29, 1.82) is 0 Å². The number of benzene rings is 1. The Morgan fingerprint density at radius 2 is 2.00 bits per heavy atom. The maximum atomic E-state index is 12.1. The summed E-state index contributed by atoms with van der Waals surface area (Å²) in [7, 11) is 0. The van der Waals surface area contributed by atoms with Crippen LogP contribution in [0.4, 0.5) is 5.69 Å². The van der Waals surface area contributed by atoms with Crippen LogP contribution in [0.25, 0.3) is 11.0 Å². The van der Waals surface area contributed by atoms with Gasteiger partial charge in [-0.2, -0.15) is 0 Å². The summed E-state index contributed by atoms with van der Waals surface area (Å²) in [6, 6.07) is 6.97. The third kappa shape index (κ3) is 4.51. The molecular formula is C25H37N5O. The first-order valence-electron chi connectivity index (χ1n) is 12.3. The molecule has 0 radical (unpaired) electrons. The van der Waals surface area contributed by atoms with Gasteiger partial charge in [0.1, 0.15) is 5.82 Å². The zero-order chi connectivity index (χ0) is 21.4. The number of aromatic nitrogens is 2. The summed E-state index contributed by atoms with van der Waals surface area (Å²) in [5, 5.41) is 3.03. The second-order valence-corrected chi connectivity index (χ2v) is 10.3. The van der Waals surface area contributed by atoms with Gasteiger partial charge in [-0.25, -0.2) is 4.98 Å². The summed E-state index contributed by atoms with van der Waals surface area (Å²) in [6.07, 6.45) is 7.47. The number of anilines is 1. The highest BCUT2D eigenvalue weighted by atomic mass is 16.1. The molecule has 0 saturated carbocycles. The number of nitrogens with one attached hydrogen (secondary N) is 1. The van der Waals surface area contributed by atoms with Crippen LogP contribution in [-0.4, -0.2) is 57.5 Å². The molecule has 3 aliphatic rings. The molecule has 0 aliphatic carbocycles. The molecule has 1 aromatic carbocycles. The lowest BCUT2D eigenvalue weighted by atomic mass is 9.83. The van der Waals surface area contributed by atoms with E-state index in [-0.39, 0.29) is 5.91 Å². The fourth-order valence-corrected chi connectivity index (χ4v) is 6.01. The smallest absolute Gasteiger partial charge is 0.224 e. The van der Waals surface area contributed by atoms with Gasteiger partial charge in [0.15, 0.2) is 0 Å². The summed E-state index contributed by atoms with van der Waals surface area (Å²) in [6.45, 7) is 11.0. The second kappa shape index (κ2) is 8.91. The SMILES string of the molecule is CC(C)CC(=O)Nc1ccc2c(c1)nc1n2CCN(C[C@H]2CCCN3CCCC[C@H]23)C1. The van der Waals surface area contributed by atoms with Gasteiger partial charge in [0.05, 0.1) is 17.6 Å². The number of carbonyl (C=O) groups excluding carboxylic acids is 1. The standard InChI is InChI=1S/C25H37N5O/c1-18(2)14-25(31)26-20-8-9-23-21(15-20)27-24-17-28(12-13-30(23)24)16-19-6-5-11-29-10-4-3-7-22(19)29/h8-9,15,18-19,22H,3-7,10-14,16-17H2,1-2H3,(H,26,31)/t19-,22-/m1/s1. The van der Waals surface area contributed by atoms with Crippen LogP contribution in [0.15, 0.2) is 18.2 Å². The maximum Gasteiger partial charge on any atom is 0.224 e. The number of piperidine rings is 2. The third-order valence-electron chi connectivity index (χ3n) is 7.43. The molecule has 0 bridgehead atoms. The molecule has 1 N–H and O–H groups in total. The van der Waals surface area contributed by atoms with Gasteiger partial charge in [-0.1, -0.05) is 20.3 Å². The largest absolute Gasteiger partial charge is 0.326 e. The van der Waals surface area contributed by atoms with Crippen molar-refractivity contribution in [3.05, 3.63) is 24.0 Å². The Morgan fingerprint density at radius 1 is 1.13 bits per heavy atom. The van der Waals surface area contributed by atoms with Gasteiger partial charge in [0.2, 0.25) is 5.91 Å². The van der Waals surface area contributed by atoms with E-state index in [0.717, 1.165) is 42.8 Å². The molecule has 2 fully saturated rings. The third-order valence-corrected chi connectivity index (χ3v) is 7.43. The first-order chi connectivity index (χ1) is 15.1. The van der Waals surface area contributed by atoms with Gasteiger partial charge in [0.25, 0.3) is 0 Å². The van der Waals surface area contributed by atoms with Crippen molar-refractivity contribution >= 4 is 22.6 Å². The Labute approximate surface area is 186 Å². The minimum absolute atomic E-state index is 0.0775. The second-order valence-electron chi connectivity index (χ2n) is 10.3. The number of hydrogen-bond acceptors (Lipinski definition) is 4. The number of hydrogen-bond donors (Lipinski definition) is 1. The van der Waals surface area contributed by atoms with Crippen LogP contribution in [0.5, 0.6) is 0 Å². The monoisotopic (exact) mass is 423 g/mol. The van der Waals surface area contributed by atoms with Crippen molar-refractivity contribution in [1.82, 2.24) is 19.4 Å². The van der Waals surface area contributed by atoms with Crippen molar-refractivity contribution < 1.29 is 4.79 Å². The van der Waals surface area contributed by atoms with Crippen LogP contribution in [-0.2, 0) is 17.9 Å². The van der Waals surface area contributed by atoms with Crippen molar-refractivity contribution in [2.24, 2.45) is 11.8 Å². The molecule has 2 atom stereocenters. The van der Waals surface area contributed by atoms with Gasteiger partial charge in [-0.3, -0.25) is 9.69 Å². The summed E-state index contributed by atoms with van der Waals surface area (Å²) < 4.78 is 2.37. The number of rotatable bonds is 5. The number of carbonyl (C=O) groups is 1. The number of imidazole rings is 1. The van der Waals surface area contributed by atoms with Crippen LogP contribution < -0.4 is 5.32 Å². The molecule has 0 spiro atoms. The average Bonchev–Trinajstić information content (AvgIpc) is 3.10. The molecule has 3 aliphatic heterocycles. The Kier molecular flexibility index (Phi) is 6.02. The molecule has 2 saturated heterocycles. The zero-order valence-corrected chi connectivity index (χ0v) is 19.1. The van der Waals surface area contributed by atoms with Crippen LogP contribution >= 0.6 is 0 Å². The van der Waals surface area contributed by atoms with Crippen molar-refractivity contribution in [2.75, 3.05) is 31.5 Å². The molecule has 2 aromatic rings. The Balaban J connectivity index is 1.27. The molecular weight excluding hydrogens is 386 g/mol. The van der Waals surface area contributed by atoms with E-state index in [2.05, 4.69) is 39.6 Å². The van der Waals surface area contributed by atoms with Crippen LogP contribution in [0.3, 0.4) is 0 Å². The molecule has 4 heterocycles. The summed E-state index contributed by atoms with van der Waals surface area (Å²) >= 11 is 0. The quantitative estimate of drug-likeness (QED) is 0.787. The molecule has 0 unspecified atom stereocenters. The Morgan fingerprint density at radius 3 is 2.87 bits per heavy atom. The van der Waals surface area contributed by atoms with E-state index in [4.69, 9.17) is 4.98 Å². The predicted molar refractivity (Wildman–Crippen MR) is 125 cm³/mol. The highest BCUT2D eigenvalue weighted by molar-refractivity contribution is 5.93. The van der Waals surface area contributed by atoms with Crippen molar-refractivity contribution in [3.8, 4) is 0 Å². The van der Waals surface area contributed by atoms with Crippen LogP contribution in [0, 0.1) is 11.8 Å². The van der Waals surface area contributed by atoms with Crippen molar-refractivity contribution in [2.45, 2.75) is 71.5 Å². The molecule has 6 nitrogen and oxygen atoms in total.